The summed E-state index contributed by atoms with van der Waals surface area (Å²) in [4.78, 5) is 0. The molecule has 2 atom stereocenters. The lowest BCUT2D eigenvalue weighted by atomic mass is 10.1. The zero-order chi connectivity index (χ0) is 16.7. The molecule has 130 valence electrons. The maximum Gasteiger partial charge on any atom is 0.389 e. The van der Waals surface area contributed by atoms with Crippen LogP contribution in [0.4, 0.5) is 0 Å². The number of hydrogen-bond donors (Lipinski definition) is 2. The minimum atomic E-state index is -3.13. The largest absolute Gasteiger partial charge is 0.389 e. The second-order valence-corrected chi connectivity index (χ2v) is 10.0. The van der Waals surface area contributed by atoms with Crippen molar-refractivity contribution in [2.24, 2.45) is 5.92 Å². The highest BCUT2D eigenvalue weighted by atomic mass is 35.5. The number of nitrogens with one attached hydrogen (secondary N) is 2. The van der Waals surface area contributed by atoms with Crippen molar-refractivity contribution in [3.63, 3.8) is 0 Å². The van der Waals surface area contributed by atoms with Crippen molar-refractivity contribution in [1.29, 1.82) is 0 Å². The van der Waals surface area contributed by atoms with Gasteiger partial charge in [-0.15, -0.1) is 0 Å². The summed E-state index contributed by atoms with van der Waals surface area (Å²) in [6, 6.07) is 7.50. The lowest BCUT2D eigenvalue weighted by molar-refractivity contribution is 0.0923. The van der Waals surface area contributed by atoms with Crippen molar-refractivity contribution < 1.29 is 13.6 Å². The van der Waals surface area contributed by atoms with Gasteiger partial charge in [-0.2, -0.15) is 0 Å². The molecule has 2 unspecified atom stereocenters. The van der Waals surface area contributed by atoms with Crippen molar-refractivity contribution in [3.05, 3.63) is 34.9 Å². The summed E-state index contributed by atoms with van der Waals surface area (Å²) in [6.45, 7) is -0.993. The Morgan fingerprint density at radius 3 is 2.78 bits per heavy atom. The van der Waals surface area contributed by atoms with Gasteiger partial charge in [0.05, 0.1) is 12.7 Å². The topological polar surface area (TPSA) is 59.6 Å². The first kappa shape index (κ1) is 19.3. The molecule has 0 saturated carbocycles. The molecule has 0 amide bonds. The summed E-state index contributed by atoms with van der Waals surface area (Å²) in [5.74, 6) is 1.07. The van der Waals surface area contributed by atoms with E-state index >= 15 is 0 Å². The van der Waals surface area contributed by atoms with Gasteiger partial charge in [0.25, 0.3) is 0 Å². The van der Waals surface area contributed by atoms with Crippen molar-refractivity contribution in [2.45, 2.75) is 12.5 Å². The Morgan fingerprint density at radius 2 is 2.13 bits per heavy atom. The van der Waals surface area contributed by atoms with Gasteiger partial charge in [-0.25, -0.2) is 4.57 Å². The maximum absolute atomic E-state index is 12.9. The van der Waals surface area contributed by atoms with Crippen LogP contribution in [-0.4, -0.2) is 39.5 Å². The van der Waals surface area contributed by atoms with Crippen molar-refractivity contribution in [2.75, 3.05) is 39.5 Å². The average Bonchev–Trinajstić information content (AvgIpc) is 2.53. The van der Waals surface area contributed by atoms with E-state index in [1.54, 1.807) is 0 Å². The fourth-order valence-corrected chi connectivity index (χ4v) is 6.49. The predicted octanol–water partition coefficient (Wildman–Crippen LogP) is 3.71. The van der Waals surface area contributed by atoms with Crippen LogP contribution in [0.1, 0.15) is 18.1 Å². The van der Waals surface area contributed by atoms with Crippen molar-refractivity contribution in [3.8, 4) is 0 Å². The Morgan fingerprint density at radius 1 is 1.39 bits per heavy atom. The molecule has 0 aliphatic carbocycles. The highest BCUT2D eigenvalue weighted by Gasteiger charge is 2.35. The molecule has 1 aliphatic rings. The first-order chi connectivity index (χ1) is 11.1. The zero-order valence-electron chi connectivity index (χ0n) is 13.5. The van der Waals surface area contributed by atoms with Crippen LogP contribution in [0, 0.1) is 5.92 Å². The second kappa shape index (κ2) is 9.42. The molecule has 0 radical (unpaired) electrons. The molecule has 1 heterocycles. The maximum atomic E-state index is 12.9. The summed E-state index contributed by atoms with van der Waals surface area (Å²) in [6.07, 6.45) is 0.453. The summed E-state index contributed by atoms with van der Waals surface area (Å²) in [5, 5.41) is 6.96. The fourth-order valence-electron chi connectivity index (χ4n) is 2.48. The Hall–Kier alpha value is -0.0700. The second-order valence-electron chi connectivity index (χ2n) is 5.50. The van der Waals surface area contributed by atoms with Gasteiger partial charge in [-0.1, -0.05) is 23.7 Å². The third-order valence-electron chi connectivity index (χ3n) is 3.56. The quantitative estimate of drug-likeness (QED) is 0.672. The highest BCUT2D eigenvalue weighted by molar-refractivity contribution is 8.55. The van der Waals surface area contributed by atoms with E-state index < -0.39 is 6.80 Å². The first-order valence-corrected chi connectivity index (χ1v) is 11.2. The number of halogens is 1. The van der Waals surface area contributed by atoms with E-state index in [-0.39, 0.29) is 6.10 Å². The Kier molecular flexibility index (Phi) is 7.89. The lowest BCUT2D eigenvalue weighted by Crippen LogP contribution is -2.29. The smallest absolute Gasteiger partial charge is 0.319 e. The van der Waals surface area contributed by atoms with Gasteiger partial charge >= 0.3 is 6.80 Å². The number of benzene rings is 1. The standard InChI is InChI=1S/C15H24ClN2O3PS/c1-17-9-12(10-18-2)11-23-22(19)20-7-6-15(21-22)13-4-3-5-14(16)8-13/h3-5,8,12,15,17-18H,6-7,9-11H2,1-2H3. The molecule has 2 rings (SSSR count). The third-order valence-corrected chi connectivity index (χ3v) is 7.71. The van der Waals surface area contributed by atoms with Crippen molar-refractivity contribution >= 4 is 29.8 Å². The van der Waals surface area contributed by atoms with Crippen LogP contribution in [0.25, 0.3) is 0 Å². The van der Waals surface area contributed by atoms with Gasteiger partial charge in [0, 0.05) is 17.2 Å². The number of hydrogen-bond acceptors (Lipinski definition) is 6. The van der Waals surface area contributed by atoms with E-state index in [1.807, 2.05) is 38.4 Å². The SMILES string of the molecule is CNCC(CNC)CSP1(=O)OCCC(c2cccc(Cl)c2)O1. The van der Waals surface area contributed by atoms with E-state index in [4.69, 9.17) is 20.6 Å². The fraction of sp³-hybridized carbons (Fsp3) is 0.600. The van der Waals surface area contributed by atoms with Gasteiger partial charge < -0.3 is 15.2 Å². The Labute approximate surface area is 147 Å². The first-order valence-electron chi connectivity index (χ1n) is 7.68. The molecule has 1 aromatic carbocycles. The van der Waals surface area contributed by atoms with Crippen LogP contribution in [0.15, 0.2) is 24.3 Å². The van der Waals surface area contributed by atoms with E-state index in [0.717, 1.165) is 18.7 Å². The lowest BCUT2D eigenvalue weighted by Gasteiger charge is -2.30. The van der Waals surface area contributed by atoms with Gasteiger partial charge in [-0.05, 0) is 62.2 Å². The highest BCUT2D eigenvalue weighted by Crippen LogP contribution is 2.65. The van der Waals surface area contributed by atoms with E-state index in [1.165, 1.54) is 11.4 Å². The van der Waals surface area contributed by atoms with Crippen molar-refractivity contribution in [1.82, 2.24) is 10.6 Å². The Bertz CT molecular complexity index is 543. The molecular formula is C15H24ClN2O3PS. The molecule has 23 heavy (non-hydrogen) atoms. The normalized spacial score (nSPS) is 25.0. The zero-order valence-corrected chi connectivity index (χ0v) is 15.9. The molecule has 0 aromatic heterocycles. The van der Waals surface area contributed by atoms with E-state index in [2.05, 4.69) is 10.6 Å². The third kappa shape index (κ3) is 6.05. The van der Waals surface area contributed by atoms with Gasteiger partial charge in [0.15, 0.2) is 0 Å². The molecule has 1 aromatic rings. The van der Waals surface area contributed by atoms with Gasteiger partial charge in [0.2, 0.25) is 0 Å². The molecule has 8 heteroatoms. The van der Waals surface area contributed by atoms with Crippen LogP contribution in [-0.2, 0) is 13.6 Å². The van der Waals surface area contributed by atoms with Crippen LogP contribution >= 0.6 is 29.8 Å². The minimum absolute atomic E-state index is 0.229. The molecule has 2 N–H and O–H groups in total. The predicted molar refractivity (Wildman–Crippen MR) is 97.3 cm³/mol. The molecule has 0 spiro atoms. The van der Waals surface area contributed by atoms with Crippen LogP contribution in [0.3, 0.4) is 0 Å². The van der Waals surface area contributed by atoms with Gasteiger partial charge in [0.1, 0.15) is 0 Å². The summed E-state index contributed by atoms with van der Waals surface area (Å²) >= 11 is 7.32. The Balaban J connectivity index is 1.97. The van der Waals surface area contributed by atoms with Crippen LogP contribution in [0.5, 0.6) is 0 Å². The van der Waals surface area contributed by atoms with Gasteiger partial charge in [-0.3, -0.25) is 4.52 Å². The van der Waals surface area contributed by atoms with E-state index in [9.17, 15) is 4.57 Å². The summed E-state index contributed by atoms with van der Waals surface area (Å²) in [7, 11) is 3.83. The summed E-state index contributed by atoms with van der Waals surface area (Å²) < 4.78 is 24.2. The molecule has 5 nitrogen and oxygen atoms in total. The van der Waals surface area contributed by atoms with Crippen LogP contribution in [0.2, 0.25) is 5.02 Å². The minimum Gasteiger partial charge on any atom is -0.319 e. The average molecular weight is 379 g/mol. The molecule has 1 saturated heterocycles. The summed E-state index contributed by atoms with van der Waals surface area (Å²) in [5.41, 5.74) is 0.948. The monoisotopic (exact) mass is 378 g/mol. The molecule has 1 aliphatic heterocycles. The number of rotatable bonds is 8. The molecule has 1 fully saturated rings. The van der Waals surface area contributed by atoms with E-state index in [0.29, 0.717) is 29.7 Å². The molecular weight excluding hydrogens is 355 g/mol. The molecule has 0 bridgehead atoms. The van der Waals surface area contributed by atoms with Crippen LogP contribution < -0.4 is 10.6 Å².